The highest BCUT2D eigenvalue weighted by Gasteiger charge is 2.26. The molecule has 1 aliphatic rings. The summed E-state index contributed by atoms with van der Waals surface area (Å²) in [4.78, 5) is 2.40. The molecule has 0 amide bonds. The van der Waals surface area contributed by atoms with E-state index in [0.29, 0.717) is 6.04 Å². The van der Waals surface area contributed by atoms with E-state index in [1.807, 2.05) is 25.6 Å². The topological polar surface area (TPSA) is 23.5 Å². The van der Waals surface area contributed by atoms with Gasteiger partial charge in [0.25, 0.3) is 0 Å². The average Bonchev–Trinajstić information content (AvgIpc) is 2.09. The minimum Gasteiger partial charge on any atom is -0.389 e. The fraction of sp³-hybridized carbons (Fsp3) is 1.00. The van der Waals surface area contributed by atoms with Gasteiger partial charge in [-0.2, -0.15) is 11.8 Å². The van der Waals surface area contributed by atoms with Crippen LogP contribution in [0.15, 0.2) is 0 Å². The van der Waals surface area contributed by atoms with Crippen LogP contribution in [0, 0.1) is 0 Å². The summed E-state index contributed by atoms with van der Waals surface area (Å²) in [6, 6.07) is 0.622. The van der Waals surface area contributed by atoms with E-state index in [9.17, 15) is 5.11 Å². The lowest BCUT2D eigenvalue weighted by Crippen LogP contribution is -2.48. The molecule has 0 spiro atoms. The average molecular weight is 203 g/mol. The van der Waals surface area contributed by atoms with Gasteiger partial charge in [0.2, 0.25) is 0 Å². The molecule has 1 aliphatic heterocycles. The quantitative estimate of drug-likeness (QED) is 0.753. The Morgan fingerprint density at radius 2 is 2.31 bits per heavy atom. The first kappa shape index (κ1) is 11.3. The molecule has 0 saturated carbocycles. The van der Waals surface area contributed by atoms with Gasteiger partial charge in [0.15, 0.2) is 0 Å². The van der Waals surface area contributed by atoms with Crippen LogP contribution in [0.1, 0.15) is 27.2 Å². The standard InChI is InChI=1S/C10H21NOS/c1-4-10(3,12)8-11-5-6-13-7-9(11)2/h9,12H,4-8H2,1-3H3. The van der Waals surface area contributed by atoms with E-state index in [4.69, 9.17) is 0 Å². The Kier molecular flexibility index (Phi) is 4.07. The molecule has 3 heteroatoms. The smallest absolute Gasteiger partial charge is 0.0743 e. The van der Waals surface area contributed by atoms with Gasteiger partial charge in [0.1, 0.15) is 0 Å². The van der Waals surface area contributed by atoms with Crippen molar-refractivity contribution >= 4 is 11.8 Å². The predicted molar refractivity (Wildman–Crippen MR) is 59.3 cm³/mol. The third-order valence-corrected chi connectivity index (χ3v) is 4.00. The second-order valence-corrected chi connectivity index (χ2v) is 5.39. The lowest BCUT2D eigenvalue weighted by molar-refractivity contribution is 0.00891. The molecular weight excluding hydrogens is 182 g/mol. The molecule has 0 aromatic heterocycles. The summed E-state index contributed by atoms with van der Waals surface area (Å²) in [5.41, 5.74) is -0.504. The highest BCUT2D eigenvalue weighted by atomic mass is 32.2. The maximum atomic E-state index is 9.94. The number of hydrogen-bond donors (Lipinski definition) is 1. The zero-order chi connectivity index (χ0) is 9.90. The van der Waals surface area contributed by atoms with Crippen molar-refractivity contribution < 1.29 is 5.11 Å². The van der Waals surface area contributed by atoms with Crippen molar-refractivity contribution in [2.24, 2.45) is 0 Å². The number of aliphatic hydroxyl groups is 1. The maximum Gasteiger partial charge on any atom is 0.0743 e. The molecule has 0 aliphatic carbocycles. The van der Waals surface area contributed by atoms with Gasteiger partial charge in [-0.3, -0.25) is 4.90 Å². The van der Waals surface area contributed by atoms with Crippen LogP contribution in [-0.2, 0) is 0 Å². The summed E-state index contributed by atoms with van der Waals surface area (Å²) in [7, 11) is 0. The highest BCUT2D eigenvalue weighted by Crippen LogP contribution is 2.19. The van der Waals surface area contributed by atoms with Crippen molar-refractivity contribution in [3.63, 3.8) is 0 Å². The molecule has 0 bridgehead atoms. The molecule has 0 radical (unpaired) electrons. The van der Waals surface area contributed by atoms with E-state index >= 15 is 0 Å². The zero-order valence-electron chi connectivity index (χ0n) is 8.92. The van der Waals surface area contributed by atoms with Gasteiger partial charge in [0.05, 0.1) is 5.60 Å². The summed E-state index contributed by atoms with van der Waals surface area (Å²) in [5, 5.41) is 9.94. The number of rotatable bonds is 3. The molecule has 1 fully saturated rings. The van der Waals surface area contributed by atoms with Gasteiger partial charge in [0, 0.05) is 30.6 Å². The Morgan fingerprint density at radius 1 is 1.62 bits per heavy atom. The molecular formula is C10H21NOS. The van der Waals surface area contributed by atoms with Crippen LogP contribution in [0.4, 0.5) is 0 Å². The van der Waals surface area contributed by atoms with Crippen molar-refractivity contribution in [1.82, 2.24) is 4.90 Å². The monoisotopic (exact) mass is 203 g/mol. The molecule has 0 aromatic carbocycles. The van der Waals surface area contributed by atoms with Crippen LogP contribution in [0.2, 0.25) is 0 Å². The summed E-state index contributed by atoms with van der Waals surface area (Å²) in [5.74, 6) is 2.42. The van der Waals surface area contributed by atoms with Crippen LogP contribution in [0.3, 0.4) is 0 Å². The van der Waals surface area contributed by atoms with Crippen LogP contribution >= 0.6 is 11.8 Å². The van der Waals surface area contributed by atoms with Gasteiger partial charge < -0.3 is 5.11 Å². The third-order valence-electron chi connectivity index (χ3n) is 2.81. The van der Waals surface area contributed by atoms with Gasteiger partial charge in [-0.05, 0) is 20.3 Å². The van der Waals surface area contributed by atoms with Gasteiger partial charge in [-0.15, -0.1) is 0 Å². The van der Waals surface area contributed by atoms with Crippen molar-refractivity contribution in [2.75, 3.05) is 24.6 Å². The Balaban J connectivity index is 2.42. The second-order valence-electron chi connectivity index (χ2n) is 4.24. The molecule has 1 heterocycles. The SMILES string of the molecule is CCC(C)(O)CN1CCSCC1C. The lowest BCUT2D eigenvalue weighted by atomic mass is 10.0. The van der Waals surface area contributed by atoms with Crippen LogP contribution in [-0.4, -0.2) is 46.2 Å². The Labute approximate surface area is 85.7 Å². The van der Waals surface area contributed by atoms with Crippen molar-refractivity contribution in [2.45, 2.75) is 38.8 Å². The molecule has 1 rings (SSSR count). The molecule has 2 nitrogen and oxygen atoms in total. The minimum absolute atomic E-state index is 0.504. The molecule has 2 unspecified atom stereocenters. The summed E-state index contributed by atoms with van der Waals surface area (Å²) < 4.78 is 0. The van der Waals surface area contributed by atoms with E-state index in [-0.39, 0.29) is 0 Å². The molecule has 13 heavy (non-hydrogen) atoms. The Bertz CT molecular complexity index is 161. The highest BCUT2D eigenvalue weighted by molar-refractivity contribution is 7.99. The van der Waals surface area contributed by atoms with Crippen molar-refractivity contribution in [1.29, 1.82) is 0 Å². The Hall–Kier alpha value is 0.270. The number of thioether (sulfide) groups is 1. The Morgan fingerprint density at radius 3 is 2.85 bits per heavy atom. The molecule has 1 saturated heterocycles. The number of β-amino-alcohol motifs (C(OH)–C–C–N with tert-alkyl or cyclic N) is 1. The van der Waals surface area contributed by atoms with E-state index < -0.39 is 5.60 Å². The van der Waals surface area contributed by atoms with Crippen LogP contribution in [0.5, 0.6) is 0 Å². The largest absolute Gasteiger partial charge is 0.389 e. The third kappa shape index (κ3) is 3.49. The van der Waals surface area contributed by atoms with Gasteiger partial charge >= 0.3 is 0 Å². The summed E-state index contributed by atoms with van der Waals surface area (Å²) >= 11 is 2.02. The van der Waals surface area contributed by atoms with E-state index in [1.165, 1.54) is 11.5 Å². The molecule has 2 atom stereocenters. The van der Waals surface area contributed by atoms with Crippen LogP contribution in [0.25, 0.3) is 0 Å². The molecule has 78 valence electrons. The fourth-order valence-electron chi connectivity index (χ4n) is 1.55. The molecule has 0 aromatic rings. The normalized spacial score (nSPS) is 30.0. The summed E-state index contributed by atoms with van der Waals surface area (Å²) in [6.45, 7) is 8.18. The first-order chi connectivity index (χ1) is 6.05. The van der Waals surface area contributed by atoms with Gasteiger partial charge in [-0.25, -0.2) is 0 Å². The second kappa shape index (κ2) is 4.67. The zero-order valence-corrected chi connectivity index (χ0v) is 9.73. The van der Waals surface area contributed by atoms with E-state index in [0.717, 1.165) is 19.5 Å². The van der Waals surface area contributed by atoms with Gasteiger partial charge in [-0.1, -0.05) is 6.92 Å². The number of nitrogens with zero attached hydrogens (tertiary/aromatic N) is 1. The summed E-state index contributed by atoms with van der Waals surface area (Å²) in [6.07, 6.45) is 0.837. The van der Waals surface area contributed by atoms with Crippen LogP contribution < -0.4 is 0 Å². The predicted octanol–water partition coefficient (Wildman–Crippen LogP) is 1.58. The first-order valence-electron chi connectivity index (χ1n) is 5.09. The fourth-order valence-corrected chi connectivity index (χ4v) is 2.63. The van der Waals surface area contributed by atoms with E-state index in [1.54, 1.807) is 0 Å². The minimum atomic E-state index is -0.504. The lowest BCUT2D eigenvalue weighted by Gasteiger charge is -2.37. The maximum absolute atomic E-state index is 9.94. The van der Waals surface area contributed by atoms with E-state index in [2.05, 4.69) is 11.8 Å². The van der Waals surface area contributed by atoms with Crippen molar-refractivity contribution in [3.8, 4) is 0 Å². The van der Waals surface area contributed by atoms with Crippen molar-refractivity contribution in [3.05, 3.63) is 0 Å². The first-order valence-corrected chi connectivity index (χ1v) is 6.25. The number of hydrogen-bond acceptors (Lipinski definition) is 3. The molecule has 1 N–H and O–H groups in total.